The molecule has 0 aromatic carbocycles. The zero-order chi connectivity index (χ0) is 11.1. The van der Waals surface area contributed by atoms with E-state index in [1.54, 1.807) is 0 Å². The van der Waals surface area contributed by atoms with Crippen molar-refractivity contribution in [1.29, 1.82) is 0 Å². The fourth-order valence-electron chi connectivity index (χ4n) is 2.08. The molecule has 0 radical (unpaired) electrons. The van der Waals surface area contributed by atoms with Crippen LogP contribution >= 0.6 is 22.9 Å². The number of thiophene rings is 1. The number of hydrogen-bond acceptors (Lipinski definition) is 3. The van der Waals surface area contributed by atoms with Gasteiger partial charge in [-0.3, -0.25) is 0 Å². The molecule has 5 heteroatoms. The van der Waals surface area contributed by atoms with Gasteiger partial charge in [0.15, 0.2) is 0 Å². The van der Waals surface area contributed by atoms with E-state index in [0.717, 1.165) is 33.7 Å². The van der Waals surface area contributed by atoms with Crippen molar-refractivity contribution in [2.45, 2.75) is 25.5 Å². The van der Waals surface area contributed by atoms with Crippen molar-refractivity contribution in [1.82, 2.24) is 9.55 Å². The molecule has 1 aliphatic rings. The fourth-order valence-corrected chi connectivity index (χ4v) is 3.12. The third-order valence-corrected chi connectivity index (χ3v) is 4.09. The highest BCUT2D eigenvalue weighted by Crippen LogP contribution is 2.32. The Balaban J connectivity index is 2.03. The lowest BCUT2D eigenvalue weighted by molar-refractivity contribution is 0.144. The first kappa shape index (κ1) is 10.3. The number of halogens is 1. The van der Waals surface area contributed by atoms with Crippen LogP contribution in [0.5, 0.6) is 0 Å². The van der Waals surface area contributed by atoms with Gasteiger partial charge in [0.1, 0.15) is 5.82 Å². The van der Waals surface area contributed by atoms with E-state index in [-0.39, 0.29) is 6.10 Å². The fraction of sp³-hybridized carbons (Fsp3) is 0.364. The first-order valence-electron chi connectivity index (χ1n) is 5.22. The lowest BCUT2D eigenvalue weighted by atomic mass is 10.1. The standard InChI is InChI=1S/C11H11ClN2OS/c12-10-2-1-9(16-10)11-13-6-7-5-8(15)3-4-14(7)11/h1-2,6,8,15H,3-5H2. The summed E-state index contributed by atoms with van der Waals surface area (Å²) in [4.78, 5) is 5.51. The van der Waals surface area contributed by atoms with Gasteiger partial charge in [-0.25, -0.2) is 4.98 Å². The lowest BCUT2D eigenvalue weighted by Crippen LogP contribution is -2.22. The number of imidazole rings is 1. The molecule has 0 bridgehead atoms. The van der Waals surface area contributed by atoms with Gasteiger partial charge in [-0.1, -0.05) is 11.6 Å². The highest BCUT2D eigenvalue weighted by molar-refractivity contribution is 7.19. The molecule has 3 heterocycles. The van der Waals surface area contributed by atoms with E-state index in [4.69, 9.17) is 11.6 Å². The van der Waals surface area contributed by atoms with E-state index >= 15 is 0 Å². The molecule has 2 aromatic heterocycles. The molecule has 0 amide bonds. The van der Waals surface area contributed by atoms with E-state index in [2.05, 4.69) is 9.55 Å². The Morgan fingerprint density at radius 2 is 2.38 bits per heavy atom. The van der Waals surface area contributed by atoms with Gasteiger partial charge in [0.25, 0.3) is 0 Å². The second kappa shape index (κ2) is 3.87. The molecule has 1 N–H and O–H groups in total. The summed E-state index contributed by atoms with van der Waals surface area (Å²) in [7, 11) is 0. The number of aliphatic hydroxyl groups excluding tert-OH is 1. The summed E-state index contributed by atoms with van der Waals surface area (Å²) in [6.07, 6.45) is 3.14. The highest BCUT2D eigenvalue weighted by atomic mass is 35.5. The van der Waals surface area contributed by atoms with Crippen molar-refractivity contribution in [2.24, 2.45) is 0 Å². The third kappa shape index (κ3) is 1.67. The van der Waals surface area contributed by atoms with Crippen LogP contribution in [0.1, 0.15) is 12.1 Å². The van der Waals surface area contributed by atoms with Crippen molar-refractivity contribution in [3.8, 4) is 10.7 Å². The van der Waals surface area contributed by atoms with Crippen molar-refractivity contribution in [2.75, 3.05) is 0 Å². The van der Waals surface area contributed by atoms with Crippen molar-refractivity contribution < 1.29 is 5.11 Å². The van der Waals surface area contributed by atoms with Gasteiger partial charge >= 0.3 is 0 Å². The van der Waals surface area contributed by atoms with Crippen molar-refractivity contribution >= 4 is 22.9 Å². The van der Waals surface area contributed by atoms with Crippen LogP contribution in [0.3, 0.4) is 0 Å². The van der Waals surface area contributed by atoms with Crippen LogP contribution in [0.4, 0.5) is 0 Å². The molecule has 2 aromatic rings. The van der Waals surface area contributed by atoms with Gasteiger partial charge in [-0.2, -0.15) is 0 Å². The minimum atomic E-state index is -0.219. The van der Waals surface area contributed by atoms with Crippen LogP contribution in [-0.4, -0.2) is 20.8 Å². The van der Waals surface area contributed by atoms with Crippen LogP contribution in [0.2, 0.25) is 4.34 Å². The molecule has 0 aliphatic carbocycles. The molecular formula is C11H11ClN2OS. The van der Waals surface area contributed by atoms with Crippen LogP contribution < -0.4 is 0 Å². The van der Waals surface area contributed by atoms with E-state index in [1.807, 2.05) is 18.3 Å². The molecule has 1 atom stereocenters. The monoisotopic (exact) mass is 254 g/mol. The summed E-state index contributed by atoms with van der Waals surface area (Å²) in [5.74, 6) is 0.971. The molecule has 0 fully saturated rings. The predicted molar refractivity (Wildman–Crippen MR) is 64.9 cm³/mol. The minimum Gasteiger partial charge on any atom is -0.393 e. The summed E-state index contributed by atoms with van der Waals surface area (Å²) in [5.41, 5.74) is 1.11. The number of nitrogens with zero attached hydrogens (tertiary/aromatic N) is 2. The Hall–Kier alpha value is -0.840. The topological polar surface area (TPSA) is 38.0 Å². The first-order valence-corrected chi connectivity index (χ1v) is 6.41. The van der Waals surface area contributed by atoms with E-state index < -0.39 is 0 Å². The number of fused-ring (bicyclic) bond motifs is 1. The van der Waals surface area contributed by atoms with Crippen molar-refractivity contribution in [3.63, 3.8) is 0 Å². The maximum absolute atomic E-state index is 9.58. The molecule has 3 nitrogen and oxygen atoms in total. The Morgan fingerprint density at radius 3 is 3.12 bits per heavy atom. The lowest BCUT2D eigenvalue weighted by Gasteiger charge is -2.20. The Morgan fingerprint density at radius 1 is 1.50 bits per heavy atom. The minimum absolute atomic E-state index is 0.219. The number of hydrogen-bond donors (Lipinski definition) is 1. The molecule has 0 saturated carbocycles. The molecule has 1 unspecified atom stereocenters. The summed E-state index contributed by atoms with van der Waals surface area (Å²) in [5, 5.41) is 9.58. The average Bonchev–Trinajstić information content (AvgIpc) is 2.83. The zero-order valence-electron chi connectivity index (χ0n) is 8.56. The normalized spacial score (nSPS) is 19.8. The number of aliphatic hydroxyl groups is 1. The second-order valence-corrected chi connectivity index (χ2v) is 5.69. The van der Waals surface area contributed by atoms with E-state index in [0.29, 0.717) is 6.42 Å². The SMILES string of the molecule is OC1CCn2c(cnc2-c2ccc(Cl)s2)C1. The molecule has 1 aliphatic heterocycles. The van der Waals surface area contributed by atoms with Gasteiger partial charge < -0.3 is 9.67 Å². The average molecular weight is 255 g/mol. The Kier molecular flexibility index (Phi) is 2.50. The predicted octanol–water partition coefficient (Wildman–Crippen LogP) is 2.57. The summed E-state index contributed by atoms with van der Waals surface area (Å²) in [6.45, 7) is 0.835. The number of rotatable bonds is 1. The van der Waals surface area contributed by atoms with E-state index in [1.165, 1.54) is 11.3 Å². The highest BCUT2D eigenvalue weighted by Gasteiger charge is 2.20. The van der Waals surface area contributed by atoms with Crippen molar-refractivity contribution in [3.05, 3.63) is 28.4 Å². The maximum atomic E-state index is 9.58. The molecule has 16 heavy (non-hydrogen) atoms. The first-order chi connectivity index (χ1) is 7.74. The Bertz CT molecular complexity index is 520. The van der Waals surface area contributed by atoms with Crippen LogP contribution in [0, 0.1) is 0 Å². The maximum Gasteiger partial charge on any atom is 0.150 e. The third-order valence-electron chi connectivity index (χ3n) is 2.86. The van der Waals surface area contributed by atoms with Crippen LogP contribution in [0.25, 0.3) is 10.7 Å². The van der Waals surface area contributed by atoms with Gasteiger partial charge in [0.05, 0.1) is 15.3 Å². The van der Waals surface area contributed by atoms with Gasteiger partial charge in [-0.15, -0.1) is 11.3 Å². The van der Waals surface area contributed by atoms with Gasteiger partial charge in [0.2, 0.25) is 0 Å². The Labute approximate surface area is 102 Å². The molecular weight excluding hydrogens is 244 g/mol. The molecule has 0 spiro atoms. The molecule has 3 rings (SSSR count). The van der Waals surface area contributed by atoms with Crippen LogP contribution in [0.15, 0.2) is 18.3 Å². The van der Waals surface area contributed by atoms with Gasteiger partial charge in [-0.05, 0) is 18.6 Å². The smallest absolute Gasteiger partial charge is 0.150 e. The summed E-state index contributed by atoms with van der Waals surface area (Å²) in [6, 6.07) is 3.88. The van der Waals surface area contributed by atoms with Gasteiger partial charge in [0, 0.05) is 24.9 Å². The molecule has 84 valence electrons. The number of aromatic nitrogens is 2. The second-order valence-electron chi connectivity index (χ2n) is 3.98. The largest absolute Gasteiger partial charge is 0.393 e. The van der Waals surface area contributed by atoms with Crippen LogP contribution in [-0.2, 0) is 13.0 Å². The van der Waals surface area contributed by atoms with E-state index in [9.17, 15) is 5.11 Å². The quantitative estimate of drug-likeness (QED) is 0.850. The summed E-state index contributed by atoms with van der Waals surface area (Å²) >= 11 is 7.46. The summed E-state index contributed by atoms with van der Waals surface area (Å²) < 4.78 is 2.96. The molecule has 0 saturated heterocycles. The zero-order valence-corrected chi connectivity index (χ0v) is 10.1.